The molecule has 3 nitrogen and oxygen atoms in total. The Hall–Kier alpha value is -1.49. The van der Waals surface area contributed by atoms with Crippen molar-refractivity contribution in [1.29, 1.82) is 0 Å². The van der Waals surface area contributed by atoms with Crippen LogP contribution >= 0.6 is 0 Å². The van der Waals surface area contributed by atoms with Crippen LogP contribution in [0.1, 0.15) is 24.8 Å². The van der Waals surface area contributed by atoms with Gasteiger partial charge in [0.1, 0.15) is 11.6 Å². The lowest BCUT2D eigenvalue weighted by atomic mass is 9.91. The number of hydrogen-bond donors (Lipinski definition) is 1. The summed E-state index contributed by atoms with van der Waals surface area (Å²) in [6, 6.07) is 3.97. The van der Waals surface area contributed by atoms with Crippen LogP contribution in [-0.2, 0) is 11.2 Å². The smallest absolute Gasteiger partial charge is 0.236 e. The first-order chi connectivity index (χ1) is 10.1. The first-order valence-electron chi connectivity index (χ1n) is 7.47. The van der Waals surface area contributed by atoms with Gasteiger partial charge >= 0.3 is 0 Å². The fraction of sp³-hybridized carbons (Fsp3) is 0.562. The van der Waals surface area contributed by atoms with E-state index in [0.29, 0.717) is 31.8 Å². The third-order valence-electron chi connectivity index (χ3n) is 4.06. The van der Waals surface area contributed by atoms with Crippen molar-refractivity contribution in [2.75, 3.05) is 26.7 Å². The second-order valence-corrected chi connectivity index (χ2v) is 5.62. The number of piperidine rings is 1. The molecule has 1 fully saturated rings. The molecule has 0 bridgehead atoms. The lowest BCUT2D eigenvalue weighted by molar-refractivity contribution is -0.132. The summed E-state index contributed by atoms with van der Waals surface area (Å²) in [5.41, 5.74) is 0.163. The van der Waals surface area contributed by atoms with E-state index in [1.54, 1.807) is 7.05 Å². The van der Waals surface area contributed by atoms with Crippen LogP contribution in [0.15, 0.2) is 18.2 Å². The molecule has 0 spiro atoms. The molecule has 1 aromatic carbocycles. The van der Waals surface area contributed by atoms with Crippen molar-refractivity contribution >= 4 is 5.91 Å². The Bertz CT molecular complexity index is 473. The Morgan fingerprint density at radius 3 is 2.76 bits per heavy atom. The molecule has 0 aromatic heterocycles. The van der Waals surface area contributed by atoms with Crippen LogP contribution < -0.4 is 5.32 Å². The highest BCUT2D eigenvalue weighted by Gasteiger charge is 2.23. The van der Waals surface area contributed by atoms with Gasteiger partial charge in [0, 0.05) is 18.7 Å². The van der Waals surface area contributed by atoms with Crippen molar-refractivity contribution in [2.24, 2.45) is 5.92 Å². The maximum atomic E-state index is 13.6. The fourth-order valence-corrected chi connectivity index (χ4v) is 2.91. The number of halogens is 2. The molecule has 0 saturated carbocycles. The van der Waals surface area contributed by atoms with Gasteiger partial charge in [0.05, 0.1) is 6.54 Å². The minimum atomic E-state index is -0.478. The Kier molecular flexibility index (Phi) is 5.67. The largest absolute Gasteiger partial charge is 0.341 e. The van der Waals surface area contributed by atoms with E-state index >= 15 is 0 Å². The van der Waals surface area contributed by atoms with Gasteiger partial charge in [0.2, 0.25) is 5.91 Å². The summed E-state index contributed by atoms with van der Waals surface area (Å²) in [4.78, 5) is 13.7. The zero-order chi connectivity index (χ0) is 15.2. The lowest BCUT2D eigenvalue weighted by Crippen LogP contribution is -2.43. The molecule has 21 heavy (non-hydrogen) atoms. The van der Waals surface area contributed by atoms with E-state index in [9.17, 15) is 13.6 Å². The number of likely N-dealkylation sites (N-methyl/N-ethyl adjacent to an activating group) is 1. The Morgan fingerprint density at radius 1 is 1.38 bits per heavy atom. The molecule has 2 rings (SSSR count). The molecule has 1 unspecified atom stereocenters. The summed E-state index contributed by atoms with van der Waals surface area (Å²) >= 11 is 0. The molecule has 5 heteroatoms. The van der Waals surface area contributed by atoms with E-state index in [4.69, 9.17) is 0 Å². The molecule has 1 atom stereocenters. The normalized spacial score (nSPS) is 18.8. The lowest BCUT2D eigenvalue weighted by Gasteiger charge is -2.33. The molecular formula is C16H22F2N2O. The van der Waals surface area contributed by atoms with Gasteiger partial charge < -0.3 is 10.2 Å². The average molecular weight is 296 g/mol. The van der Waals surface area contributed by atoms with Crippen LogP contribution in [0.5, 0.6) is 0 Å². The minimum Gasteiger partial charge on any atom is -0.341 e. The van der Waals surface area contributed by atoms with E-state index < -0.39 is 11.6 Å². The third-order valence-corrected chi connectivity index (χ3v) is 4.06. The summed E-state index contributed by atoms with van der Waals surface area (Å²) in [5.74, 6) is -0.541. The third kappa shape index (κ3) is 4.24. The molecule has 1 saturated heterocycles. The van der Waals surface area contributed by atoms with Gasteiger partial charge in [0.25, 0.3) is 0 Å². The maximum absolute atomic E-state index is 13.6. The molecule has 1 aliphatic heterocycles. The van der Waals surface area contributed by atoms with Crippen molar-refractivity contribution < 1.29 is 13.6 Å². The summed E-state index contributed by atoms with van der Waals surface area (Å²) in [6.45, 7) is 1.82. The van der Waals surface area contributed by atoms with Crippen molar-refractivity contribution in [3.05, 3.63) is 35.4 Å². The van der Waals surface area contributed by atoms with Gasteiger partial charge in [-0.2, -0.15) is 0 Å². The SMILES string of the molecule is CNCC(=O)N1CCCC(CCc2c(F)cccc2F)C1. The monoisotopic (exact) mass is 296 g/mol. The highest BCUT2D eigenvalue weighted by atomic mass is 19.1. The molecule has 116 valence electrons. The molecule has 1 amide bonds. The van der Waals surface area contributed by atoms with Crippen molar-refractivity contribution in [3.63, 3.8) is 0 Å². The number of carbonyl (C=O) groups excluding carboxylic acids is 1. The van der Waals surface area contributed by atoms with Crippen molar-refractivity contribution in [3.8, 4) is 0 Å². The topological polar surface area (TPSA) is 32.3 Å². The standard InChI is InChI=1S/C16H22F2N2O/c1-19-10-16(21)20-9-3-4-12(11-20)7-8-13-14(17)5-2-6-15(13)18/h2,5-6,12,19H,3-4,7-11H2,1H3. The van der Waals surface area contributed by atoms with Crippen LogP contribution in [-0.4, -0.2) is 37.5 Å². The van der Waals surface area contributed by atoms with Gasteiger partial charge in [-0.15, -0.1) is 0 Å². The van der Waals surface area contributed by atoms with E-state index in [0.717, 1.165) is 19.4 Å². The van der Waals surface area contributed by atoms with Gasteiger partial charge in [0.15, 0.2) is 0 Å². The van der Waals surface area contributed by atoms with E-state index in [-0.39, 0.29) is 11.5 Å². The zero-order valence-corrected chi connectivity index (χ0v) is 12.4. The Morgan fingerprint density at radius 2 is 2.10 bits per heavy atom. The maximum Gasteiger partial charge on any atom is 0.236 e. The number of rotatable bonds is 5. The minimum absolute atomic E-state index is 0.0965. The van der Waals surface area contributed by atoms with Gasteiger partial charge in [-0.25, -0.2) is 8.78 Å². The molecule has 1 heterocycles. The molecule has 1 aromatic rings. The summed E-state index contributed by atoms with van der Waals surface area (Å²) in [5, 5.41) is 2.86. The zero-order valence-electron chi connectivity index (χ0n) is 12.4. The second-order valence-electron chi connectivity index (χ2n) is 5.62. The second kappa shape index (κ2) is 7.50. The number of hydrogen-bond acceptors (Lipinski definition) is 2. The number of likely N-dealkylation sites (tertiary alicyclic amines) is 1. The summed E-state index contributed by atoms with van der Waals surface area (Å²) < 4.78 is 27.2. The molecule has 0 aliphatic carbocycles. The number of carbonyl (C=O) groups is 1. The molecule has 1 aliphatic rings. The van der Waals surface area contributed by atoms with Gasteiger partial charge in [-0.3, -0.25) is 4.79 Å². The highest BCUT2D eigenvalue weighted by Crippen LogP contribution is 2.23. The van der Waals surface area contributed by atoms with Crippen molar-refractivity contribution in [2.45, 2.75) is 25.7 Å². The quantitative estimate of drug-likeness (QED) is 0.904. The van der Waals surface area contributed by atoms with E-state index in [1.165, 1.54) is 18.2 Å². The van der Waals surface area contributed by atoms with Crippen molar-refractivity contribution in [1.82, 2.24) is 10.2 Å². The van der Waals surface area contributed by atoms with Crippen LogP contribution in [0.4, 0.5) is 8.78 Å². The highest BCUT2D eigenvalue weighted by molar-refractivity contribution is 5.78. The van der Waals surface area contributed by atoms with Gasteiger partial charge in [-0.1, -0.05) is 6.07 Å². The number of benzene rings is 1. The van der Waals surface area contributed by atoms with E-state index in [2.05, 4.69) is 5.32 Å². The van der Waals surface area contributed by atoms with Crippen LogP contribution in [0, 0.1) is 17.6 Å². The van der Waals surface area contributed by atoms with E-state index in [1.807, 2.05) is 4.90 Å². The first kappa shape index (κ1) is 15.9. The first-order valence-corrected chi connectivity index (χ1v) is 7.47. The summed E-state index contributed by atoms with van der Waals surface area (Å²) in [6.07, 6.45) is 3.07. The fourth-order valence-electron chi connectivity index (χ4n) is 2.91. The number of nitrogens with zero attached hydrogens (tertiary/aromatic N) is 1. The number of amides is 1. The Balaban J connectivity index is 1.90. The molecule has 0 radical (unpaired) electrons. The van der Waals surface area contributed by atoms with Crippen LogP contribution in [0.2, 0.25) is 0 Å². The Labute approximate surface area is 124 Å². The molecular weight excluding hydrogens is 274 g/mol. The van der Waals surface area contributed by atoms with Crippen LogP contribution in [0.3, 0.4) is 0 Å². The molecule has 1 N–H and O–H groups in total. The predicted octanol–water partition coefficient (Wildman–Crippen LogP) is 2.36. The van der Waals surface area contributed by atoms with Gasteiger partial charge in [-0.05, 0) is 50.8 Å². The summed E-state index contributed by atoms with van der Waals surface area (Å²) in [7, 11) is 1.75. The number of nitrogens with one attached hydrogen (secondary N) is 1. The van der Waals surface area contributed by atoms with Crippen LogP contribution in [0.25, 0.3) is 0 Å². The average Bonchev–Trinajstić information content (AvgIpc) is 2.47. The predicted molar refractivity (Wildman–Crippen MR) is 77.9 cm³/mol.